The Balaban J connectivity index is 1.76. The van der Waals surface area contributed by atoms with Crippen LogP contribution in [0.3, 0.4) is 0 Å². The number of benzene rings is 2. The van der Waals surface area contributed by atoms with Crippen LogP contribution in [0.1, 0.15) is 30.9 Å². The minimum atomic E-state index is -0.245. The van der Waals surface area contributed by atoms with Crippen molar-refractivity contribution in [3.05, 3.63) is 65.5 Å². The number of carbonyl (C=O) groups excluding carboxylic acids is 1. The molecule has 0 fully saturated rings. The zero-order valence-corrected chi connectivity index (χ0v) is 13.6. The molecule has 0 saturated heterocycles. The van der Waals surface area contributed by atoms with E-state index < -0.39 is 0 Å². The number of amides is 1. The first-order valence-electron chi connectivity index (χ1n) is 7.90. The van der Waals surface area contributed by atoms with Crippen molar-refractivity contribution in [1.29, 1.82) is 0 Å². The second-order valence-corrected chi connectivity index (χ2v) is 5.82. The third-order valence-electron chi connectivity index (χ3n) is 3.67. The van der Waals surface area contributed by atoms with Gasteiger partial charge >= 0.3 is 0 Å². The molecule has 23 heavy (non-hydrogen) atoms. The average molecular weight is 314 g/mol. The lowest BCUT2D eigenvalue weighted by Gasteiger charge is -2.14. The Kier molecular flexibility index (Phi) is 6.15. The van der Waals surface area contributed by atoms with Crippen molar-refractivity contribution in [3.63, 3.8) is 0 Å². The number of para-hydroxylation sites is 1. The lowest BCUT2D eigenvalue weighted by molar-refractivity contribution is -0.119. The van der Waals surface area contributed by atoms with E-state index in [1.807, 2.05) is 18.2 Å². The predicted octanol–water partition coefficient (Wildman–Crippen LogP) is 3.72. The third kappa shape index (κ3) is 5.40. The molecular weight excluding hydrogens is 291 g/mol. The van der Waals surface area contributed by atoms with Crippen LogP contribution < -0.4 is 10.6 Å². The Morgan fingerprint density at radius 2 is 1.78 bits per heavy atom. The van der Waals surface area contributed by atoms with Gasteiger partial charge in [0.1, 0.15) is 5.82 Å². The summed E-state index contributed by atoms with van der Waals surface area (Å²) in [5.74, 6) is 0.108. The monoisotopic (exact) mass is 314 g/mol. The summed E-state index contributed by atoms with van der Waals surface area (Å²) in [4.78, 5) is 11.9. The van der Waals surface area contributed by atoms with E-state index in [4.69, 9.17) is 0 Å². The van der Waals surface area contributed by atoms with Gasteiger partial charge in [-0.1, -0.05) is 44.2 Å². The standard InChI is InChI=1S/C19H23FN2O/c1-14(2)17-5-3-4-6-18(17)22-13-19(23)21-12-11-15-7-9-16(20)10-8-15/h3-10,14,22H,11-13H2,1-2H3,(H,21,23). The normalized spacial score (nSPS) is 10.6. The highest BCUT2D eigenvalue weighted by Crippen LogP contribution is 2.23. The fraction of sp³-hybridized carbons (Fsp3) is 0.316. The molecule has 4 heteroatoms. The Bertz CT molecular complexity index is 638. The van der Waals surface area contributed by atoms with Crippen LogP contribution in [0.15, 0.2) is 48.5 Å². The topological polar surface area (TPSA) is 41.1 Å². The van der Waals surface area contributed by atoms with Gasteiger partial charge in [0.2, 0.25) is 5.91 Å². The molecule has 0 spiro atoms. The summed E-state index contributed by atoms with van der Waals surface area (Å²) in [7, 11) is 0. The first-order valence-corrected chi connectivity index (χ1v) is 7.90. The van der Waals surface area contributed by atoms with Crippen LogP contribution in [0.2, 0.25) is 0 Å². The largest absolute Gasteiger partial charge is 0.376 e. The molecule has 0 aliphatic heterocycles. The molecule has 2 aromatic rings. The first-order chi connectivity index (χ1) is 11.1. The smallest absolute Gasteiger partial charge is 0.239 e. The molecule has 1 amide bonds. The molecule has 0 aliphatic carbocycles. The quantitative estimate of drug-likeness (QED) is 0.818. The molecule has 3 nitrogen and oxygen atoms in total. The summed E-state index contributed by atoms with van der Waals surface area (Å²) in [6, 6.07) is 14.4. The van der Waals surface area contributed by atoms with E-state index in [0.717, 1.165) is 11.3 Å². The summed E-state index contributed by atoms with van der Waals surface area (Å²) < 4.78 is 12.8. The van der Waals surface area contributed by atoms with Gasteiger partial charge in [0.25, 0.3) is 0 Å². The van der Waals surface area contributed by atoms with E-state index in [1.165, 1.54) is 17.7 Å². The minimum absolute atomic E-state index is 0.0503. The van der Waals surface area contributed by atoms with E-state index in [2.05, 4.69) is 30.5 Å². The summed E-state index contributed by atoms with van der Waals surface area (Å²) >= 11 is 0. The van der Waals surface area contributed by atoms with Crippen LogP contribution in [0.4, 0.5) is 10.1 Å². The molecule has 2 rings (SSSR count). The van der Waals surface area contributed by atoms with Gasteiger partial charge in [0.15, 0.2) is 0 Å². The summed E-state index contributed by atoms with van der Waals surface area (Å²) in [6.45, 7) is 5.04. The maximum atomic E-state index is 12.8. The van der Waals surface area contributed by atoms with E-state index in [9.17, 15) is 9.18 Å². The highest BCUT2D eigenvalue weighted by atomic mass is 19.1. The summed E-state index contributed by atoms with van der Waals surface area (Å²) in [6.07, 6.45) is 0.689. The van der Waals surface area contributed by atoms with Crippen molar-refractivity contribution in [2.24, 2.45) is 0 Å². The maximum absolute atomic E-state index is 12.8. The Morgan fingerprint density at radius 1 is 1.09 bits per heavy atom. The zero-order valence-electron chi connectivity index (χ0n) is 13.6. The second kappa shape index (κ2) is 8.32. The number of carbonyl (C=O) groups is 1. The lowest BCUT2D eigenvalue weighted by Crippen LogP contribution is -2.31. The van der Waals surface area contributed by atoms with Crippen molar-refractivity contribution in [2.75, 3.05) is 18.4 Å². The van der Waals surface area contributed by atoms with Gasteiger partial charge in [-0.05, 0) is 41.7 Å². The predicted molar refractivity (Wildman–Crippen MR) is 92.1 cm³/mol. The average Bonchev–Trinajstić information content (AvgIpc) is 2.55. The van der Waals surface area contributed by atoms with Crippen LogP contribution in [-0.2, 0) is 11.2 Å². The van der Waals surface area contributed by atoms with Gasteiger partial charge in [0, 0.05) is 12.2 Å². The minimum Gasteiger partial charge on any atom is -0.376 e. The molecule has 122 valence electrons. The number of rotatable bonds is 7. The molecule has 2 N–H and O–H groups in total. The van der Waals surface area contributed by atoms with Crippen molar-refractivity contribution in [1.82, 2.24) is 5.32 Å². The van der Waals surface area contributed by atoms with Gasteiger partial charge in [-0.2, -0.15) is 0 Å². The number of hydrogen-bond donors (Lipinski definition) is 2. The molecule has 0 aromatic heterocycles. The lowest BCUT2D eigenvalue weighted by atomic mass is 10.0. The first kappa shape index (κ1) is 17.0. The third-order valence-corrected chi connectivity index (χ3v) is 3.67. The molecule has 0 atom stereocenters. The summed E-state index contributed by atoms with van der Waals surface area (Å²) in [5.41, 5.74) is 3.20. The van der Waals surface area contributed by atoms with Gasteiger partial charge in [-0.15, -0.1) is 0 Å². The van der Waals surface area contributed by atoms with Gasteiger partial charge in [-0.25, -0.2) is 4.39 Å². The van der Waals surface area contributed by atoms with Crippen molar-refractivity contribution >= 4 is 11.6 Å². The van der Waals surface area contributed by atoms with E-state index in [0.29, 0.717) is 18.9 Å². The Labute approximate surface area is 136 Å². The summed E-state index contributed by atoms with van der Waals surface area (Å²) in [5, 5.41) is 6.06. The van der Waals surface area contributed by atoms with E-state index in [1.54, 1.807) is 12.1 Å². The number of anilines is 1. The number of hydrogen-bond acceptors (Lipinski definition) is 2. The van der Waals surface area contributed by atoms with Crippen molar-refractivity contribution in [2.45, 2.75) is 26.2 Å². The van der Waals surface area contributed by atoms with Crippen LogP contribution in [-0.4, -0.2) is 19.0 Å². The highest BCUT2D eigenvalue weighted by molar-refractivity contribution is 5.81. The molecule has 0 aliphatic rings. The van der Waals surface area contributed by atoms with E-state index >= 15 is 0 Å². The van der Waals surface area contributed by atoms with Crippen molar-refractivity contribution in [3.8, 4) is 0 Å². The van der Waals surface area contributed by atoms with Crippen LogP contribution >= 0.6 is 0 Å². The van der Waals surface area contributed by atoms with Gasteiger partial charge < -0.3 is 10.6 Å². The Hall–Kier alpha value is -2.36. The molecule has 0 unspecified atom stereocenters. The highest BCUT2D eigenvalue weighted by Gasteiger charge is 2.07. The van der Waals surface area contributed by atoms with Gasteiger partial charge in [0.05, 0.1) is 6.54 Å². The number of nitrogens with one attached hydrogen (secondary N) is 2. The fourth-order valence-electron chi connectivity index (χ4n) is 2.40. The second-order valence-electron chi connectivity index (χ2n) is 5.82. The molecule has 0 bridgehead atoms. The SMILES string of the molecule is CC(C)c1ccccc1NCC(=O)NCCc1ccc(F)cc1. The van der Waals surface area contributed by atoms with E-state index in [-0.39, 0.29) is 18.3 Å². The molecule has 0 heterocycles. The molecule has 0 saturated carbocycles. The van der Waals surface area contributed by atoms with Crippen molar-refractivity contribution < 1.29 is 9.18 Å². The molecule has 2 aromatic carbocycles. The molecule has 0 radical (unpaired) electrons. The maximum Gasteiger partial charge on any atom is 0.239 e. The van der Waals surface area contributed by atoms with Crippen LogP contribution in [0.5, 0.6) is 0 Å². The van der Waals surface area contributed by atoms with Crippen LogP contribution in [0, 0.1) is 5.82 Å². The Morgan fingerprint density at radius 3 is 2.48 bits per heavy atom. The molecular formula is C19H23FN2O. The van der Waals surface area contributed by atoms with Crippen LogP contribution in [0.25, 0.3) is 0 Å². The zero-order chi connectivity index (χ0) is 16.7. The number of halogens is 1. The van der Waals surface area contributed by atoms with Gasteiger partial charge in [-0.3, -0.25) is 4.79 Å². The fourth-order valence-corrected chi connectivity index (χ4v) is 2.40.